The van der Waals surface area contributed by atoms with Crippen LogP contribution in [0.5, 0.6) is 0 Å². The van der Waals surface area contributed by atoms with E-state index in [2.05, 4.69) is 108 Å². The van der Waals surface area contributed by atoms with E-state index >= 15 is 0 Å². The number of aromatic nitrogens is 2. The molecule has 39 heavy (non-hydrogen) atoms. The van der Waals surface area contributed by atoms with Crippen LogP contribution in [0, 0.1) is 0 Å². The van der Waals surface area contributed by atoms with Crippen molar-refractivity contribution in [3.8, 4) is 33.8 Å². The van der Waals surface area contributed by atoms with Gasteiger partial charge in [-0.15, -0.1) is 0 Å². The molecule has 182 valence electrons. The number of rotatable bonds is 3. The molecule has 0 N–H and O–H groups in total. The van der Waals surface area contributed by atoms with E-state index in [9.17, 15) is 0 Å². The van der Waals surface area contributed by atoms with Crippen molar-refractivity contribution in [1.82, 2.24) is 9.97 Å². The van der Waals surface area contributed by atoms with E-state index in [1.54, 1.807) is 0 Å². The summed E-state index contributed by atoms with van der Waals surface area (Å²) >= 11 is 0. The Morgan fingerprint density at radius 1 is 0.462 bits per heavy atom. The van der Waals surface area contributed by atoms with Crippen molar-refractivity contribution in [3.05, 3.63) is 134 Å². The van der Waals surface area contributed by atoms with Crippen LogP contribution >= 0.6 is 0 Å². The van der Waals surface area contributed by atoms with Crippen LogP contribution in [0.15, 0.2) is 138 Å². The number of hydrogen-bond acceptors (Lipinski definition) is 3. The Hall–Kier alpha value is -5.28. The van der Waals surface area contributed by atoms with Crippen LogP contribution in [0.1, 0.15) is 0 Å². The summed E-state index contributed by atoms with van der Waals surface area (Å²) in [5.41, 5.74) is 7.18. The Kier molecular flexibility index (Phi) is 4.82. The molecule has 0 aliphatic carbocycles. The molecule has 0 saturated heterocycles. The van der Waals surface area contributed by atoms with Crippen molar-refractivity contribution in [3.63, 3.8) is 0 Å². The molecule has 0 saturated carbocycles. The molecule has 3 nitrogen and oxygen atoms in total. The van der Waals surface area contributed by atoms with Gasteiger partial charge >= 0.3 is 0 Å². The van der Waals surface area contributed by atoms with Crippen LogP contribution in [-0.4, -0.2) is 9.97 Å². The molecule has 3 heteroatoms. The molecule has 0 aliphatic rings. The van der Waals surface area contributed by atoms with Gasteiger partial charge in [0.2, 0.25) is 5.89 Å². The molecule has 6 aromatic carbocycles. The minimum atomic E-state index is 0.634. The lowest BCUT2D eigenvalue weighted by Gasteiger charge is -2.18. The molecular formula is C36H22N2O. The summed E-state index contributed by atoms with van der Waals surface area (Å²) in [5, 5.41) is 7.14. The van der Waals surface area contributed by atoms with Crippen molar-refractivity contribution in [2.45, 2.75) is 0 Å². The fraction of sp³-hybridized carbons (Fsp3) is 0. The molecule has 0 bridgehead atoms. The summed E-state index contributed by atoms with van der Waals surface area (Å²) in [6, 6.07) is 44.3. The number of pyridine rings is 1. The number of fused-ring (bicyclic) bond motifs is 4. The highest BCUT2D eigenvalue weighted by atomic mass is 16.3. The van der Waals surface area contributed by atoms with Crippen LogP contribution < -0.4 is 0 Å². The summed E-state index contributed by atoms with van der Waals surface area (Å²) in [7, 11) is 0. The second-order valence-electron chi connectivity index (χ2n) is 9.79. The topological polar surface area (TPSA) is 38.9 Å². The third-order valence-electron chi connectivity index (χ3n) is 7.56. The van der Waals surface area contributed by atoms with Crippen molar-refractivity contribution in [2.24, 2.45) is 0 Å². The molecule has 0 unspecified atom stereocenters. The molecule has 0 radical (unpaired) electrons. The summed E-state index contributed by atoms with van der Waals surface area (Å²) in [5.74, 6) is 0.634. The van der Waals surface area contributed by atoms with Crippen LogP contribution in [0.4, 0.5) is 0 Å². The monoisotopic (exact) mass is 498 g/mol. The van der Waals surface area contributed by atoms with Gasteiger partial charge in [0.25, 0.3) is 0 Å². The van der Waals surface area contributed by atoms with Gasteiger partial charge < -0.3 is 4.42 Å². The summed E-state index contributed by atoms with van der Waals surface area (Å²) in [6.07, 6.45) is 1.92. The van der Waals surface area contributed by atoms with Gasteiger partial charge in [-0.25, -0.2) is 4.98 Å². The first kappa shape index (κ1) is 21.8. The normalized spacial score (nSPS) is 11.6. The molecular weight excluding hydrogens is 476 g/mol. The quantitative estimate of drug-likeness (QED) is 0.228. The molecule has 2 heterocycles. The van der Waals surface area contributed by atoms with E-state index in [1.165, 1.54) is 38.1 Å². The predicted molar refractivity (Wildman–Crippen MR) is 161 cm³/mol. The summed E-state index contributed by atoms with van der Waals surface area (Å²) < 4.78 is 6.02. The Bertz CT molecular complexity index is 2080. The van der Waals surface area contributed by atoms with E-state index in [1.807, 2.05) is 30.5 Å². The molecule has 8 rings (SSSR count). The third-order valence-corrected chi connectivity index (χ3v) is 7.56. The van der Waals surface area contributed by atoms with Gasteiger partial charge in [-0.1, -0.05) is 97.1 Å². The molecule has 0 amide bonds. The zero-order valence-electron chi connectivity index (χ0n) is 21.0. The lowest BCUT2D eigenvalue weighted by atomic mass is 9.86. The number of para-hydroxylation sites is 2. The highest BCUT2D eigenvalue weighted by molar-refractivity contribution is 6.22. The van der Waals surface area contributed by atoms with Gasteiger partial charge in [0.15, 0.2) is 5.58 Å². The second kappa shape index (κ2) is 8.64. The van der Waals surface area contributed by atoms with Crippen molar-refractivity contribution >= 4 is 43.4 Å². The number of oxazole rings is 1. The Balaban J connectivity index is 1.38. The lowest BCUT2D eigenvalue weighted by molar-refractivity contribution is 0.620. The van der Waals surface area contributed by atoms with Gasteiger partial charge in [-0.05, 0) is 68.4 Å². The fourth-order valence-electron chi connectivity index (χ4n) is 5.79. The average Bonchev–Trinajstić information content (AvgIpc) is 3.44. The van der Waals surface area contributed by atoms with Crippen LogP contribution in [-0.2, 0) is 0 Å². The highest BCUT2D eigenvalue weighted by Crippen LogP contribution is 2.44. The number of nitrogens with zero attached hydrogens (tertiary/aromatic N) is 2. The maximum atomic E-state index is 6.02. The first-order valence-corrected chi connectivity index (χ1v) is 13.1. The largest absolute Gasteiger partial charge is 0.436 e. The summed E-state index contributed by atoms with van der Waals surface area (Å²) in [4.78, 5) is 9.61. The summed E-state index contributed by atoms with van der Waals surface area (Å²) in [6.45, 7) is 0. The first-order valence-electron chi connectivity index (χ1n) is 13.1. The van der Waals surface area contributed by atoms with Gasteiger partial charge in [-0.2, -0.15) is 0 Å². The standard InChI is InChI=1S/C36H22N2O/c1-2-10-26-23(9-1)21-22-37-35(26)34-29-13-5-3-11-27(29)33(28-12-4-6-14-30(28)34)24-17-19-25(20-18-24)36-38-31-15-7-8-16-32(31)39-36/h1-22H. The maximum absolute atomic E-state index is 6.02. The highest BCUT2D eigenvalue weighted by Gasteiger charge is 2.19. The zero-order valence-corrected chi connectivity index (χ0v) is 21.0. The second-order valence-corrected chi connectivity index (χ2v) is 9.79. The molecule has 0 atom stereocenters. The zero-order chi connectivity index (χ0) is 25.8. The smallest absolute Gasteiger partial charge is 0.227 e. The average molecular weight is 499 g/mol. The molecule has 8 aromatic rings. The molecule has 0 aliphatic heterocycles. The lowest BCUT2D eigenvalue weighted by Crippen LogP contribution is -1.93. The minimum Gasteiger partial charge on any atom is -0.436 e. The maximum Gasteiger partial charge on any atom is 0.227 e. The van der Waals surface area contributed by atoms with Crippen molar-refractivity contribution in [2.75, 3.05) is 0 Å². The Morgan fingerprint density at radius 3 is 1.72 bits per heavy atom. The van der Waals surface area contributed by atoms with E-state index < -0.39 is 0 Å². The van der Waals surface area contributed by atoms with Gasteiger partial charge in [-0.3, -0.25) is 4.98 Å². The van der Waals surface area contributed by atoms with Crippen LogP contribution in [0.2, 0.25) is 0 Å². The molecule has 0 spiro atoms. The van der Waals surface area contributed by atoms with Crippen LogP contribution in [0.25, 0.3) is 77.3 Å². The van der Waals surface area contributed by atoms with Crippen molar-refractivity contribution in [1.29, 1.82) is 0 Å². The van der Waals surface area contributed by atoms with Gasteiger partial charge in [0.05, 0.1) is 5.69 Å². The van der Waals surface area contributed by atoms with E-state index in [0.717, 1.165) is 33.3 Å². The SMILES string of the molecule is c1ccc2c(-c3c4ccccc4c(-c4ccc(-c5nc6ccccc6o5)cc4)c4ccccc34)nccc2c1. The Morgan fingerprint density at radius 2 is 1.03 bits per heavy atom. The molecule has 0 fully saturated rings. The third kappa shape index (κ3) is 3.44. The Labute approximate surface area is 225 Å². The molecule has 2 aromatic heterocycles. The van der Waals surface area contributed by atoms with Gasteiger partial charge in [0.1, 0.15) is 5.52 Å². The van der Waals surface area contributed by atoms with E-state index in [4.69, 9.17) is 9.40 Å². The number of hydrogen-bond donors (Lipinski definition) is 0. The van der Waals surface area contributed by atoms with E-state index in [-0.39, 0.29) is 0 Å². The minimum absolute atomic E-state index is 0.634. The van der Waals surface area contributed by atoms with Crippen molar-refractivity contribution < 1.29 is 4.42 Å². The van der Waals surface area contributed by atoms with Gasteiger partial charge in [0, 0.05) is 22.7 Å². The number of benzene rings is 6. The van der Waals surface area contributed by atoms with Crippen LogP contribution in [0.3, 0.4) is 0 Å². The fourth-order valence-corrected chi connectivity index (χ4v) is 5.79. The van der Waals surface area contributed by atoms with E-state index in [0.29, 0.717) is 5.89 Å². The predicted octanol–water partition coefficient (Wildman–Crippen LogP) is 9.68. The first-order chi connectivity index (χ1) is 19.3.